The highest BCUT2D eigenvalue weighted by atomic mass is 35.5. The smallest absolute Gasteiger partial charge is 0.313 e. The van der Waals surface area contributed by atoms with Crippen molar-refractivity contribution in [1.29, 1.82) is 0 Å². The van der Waals surface area contributed by atoms with Gasteiger partial charge in [-0.05, 0) is 48.9 Å². The molecule has 0 unspecified atom stereocenters. The van der Waals surface area contributed by atoms with Gasteiger partial charge in [-0.3, -0.25) is 4.79 Å². The van der Waals surface area contributed by atoms with Crippen molar-refractivity contribution in [3.05, 3.63) is 58.9 Å². The Kier molecular flexibility index (Phi) is 4.48. The Balaban J connectivity index is 1.79. The van der Waals surface area contributed by atoms with Gasteiger partial charge >= 0.3 is 11.8 Å². The fourth-order valence-electron chi connectivity index (χ4n) is 2.07. The average Bonchev–Trinajstić information content (AvgIpc) is 3.08. The highest BCUT2D eigenvalue weighted by Crippen LogP contribution is 2.23. The third-order valence-electron chi connectivity index (χ3n) is 3.40. The van der Waals surface area contributed by atoms with Crippen molar-refractivity contribution in [2.75, 3.05) is 12.4 Å². The van der Waals surface area contributed by atoms with Crippen molar-refractivity contribution < 1.29 is 13.9 Å². The molecule has 7 heteroatoms. The molecule has 3 rings (SSSR count). The molecule has 122 valence electrons. The maximum Gasteiger partial charge on any atom is 0.313 e. The number of aromatic nitrogens is 2. The second-order valence-corrected chi connectivity index (χ2v) is 5.49. The van der Waals surface area contributed by atoms with Crippen LogP contribution in [0.3, 0.4) is 0 Å². The Morgan fingerprint density at radius 3 is 2.62 bits per heavy atom. The Morgan fingerprint density at radius 2 is 1.92 bits per heavy atom. The normalized spacial score (nSPS) is 10.5. The molecule has 3 aromatic rings. The lowest BCUT2D eigenvalue weighted by atomic mass is 10.2. The molecule has 0 aliphatic heterocycles. The summed E-state index contributed by atoms with van der Waals surface area (Å²) >= 11 is 5.94. The van der Waals surface area contributed by atoms with Gasteiger partial charge in [0.2, 0.25) is 5.89 Å². The van der Waals surface area contributed by atoms with Crippen molar-refractivity contribution in [2.45, 2.75) is 6.92 Å². The third-order valence-corrected chi connectivity index (χ3v) is 3.64. The van der Waals surface area contributed by atoms with Gasteiger partial charge in [-0.1, -0.05) is 17.7 Å². The van der Waals surface area contributed by atoms with E-state index in [0.29, 0.717) is 22.0 Å². The summed E-state index contributed by atoms with van der Waals surface area (Å²) in [6, 6.07) is 12.3. The van der Waals surface area contributed by atoms with Crippen molar-refractivity contribution in [2.24, 2.45) is 0 Å². The van der Waals surface area contributed by atoms with Gasteiger partial charge in [0.05, 0.1) is 7.11 Å². The van der Waals surface area contributed by atoms with Crippen LogP contribution in [0.15, 0.2) is 46.9 Å². The van der Waals surface area contributed by atoms with Crippen LogP contribution in [0, 0.1) is 6.92 Å². The number of ether oxygens (including phenoxy) is 1. The van der Waals surface area contributed by atoms with Crippen LogP contribution in [0.1, 0.15) is 16.2 Å². The highest BCUT2D eigenvalue weighted by Gasteiger charge is 2.17. The maximum atomic E-state index is 12.3. The fourth-order valence-corrected chi connectivity index (χ4v) is 2.24. The monoisotopic (exact) mass is 343 g/mol. The van der Waals surface area contributed by atoms with E-state index in [0.717, 1.165) is 5.56 Å². The number of amides is 1. The molecule has 0 saturated carbocycles. The predicted molar refractivity (Wildman–Crippen MR) is 90.4 cm³/mol. The molecule has 24 heavy (non-hydrogen) atoms. The number of methoxy groups -OCH3 is 1. The number of aryl methyl sites for hydroxylation is 1. The molecule has 0 aliphatic carbocycles. The van der Waals surface area contributed by atoms with Crippen LogP contribution in [0.5, 0.6) is 5.75 Å². The van der Waals surface area contributed by atoms with Gasteiger partial charge in [-0.25, -0.2) is 0 Å². The Labute approximate surface area is 143 Å². The summed E-state index contributed by atoms with van der Waals surface area (Å²) in [4.78, 5) is 12.3. The number of benzene rings is 2. The quantitative estimate of drug-likeness (QED) is 0.775. The number of carbonyl (C=O) groups is 1. The van der Waals surface area contributed by atoms with Crippen molar-refractivity contribution in [3.8, 4) is 17.2 Å². The molecule has 0 spiro atoms. The molecule has 2 aromatic carbocycles. The largest absolute Gasteiger partial charge is 0.497 e. The van der Waals surface area contributed by atoms with Gasteiger partial charge < -0.3 is 14.5 Å². The lowest BCUT2D eigenvalue weighted by Crippen LogP contribution is -2.13. The summed E-state index contributed by atoms with van der Waals surface area (Å²) in [7, 11) is 1.59. The van der Waals surface area contributed by atoms with Crippen LogP contribution >= 0.6 is 11.6 Å². The lowest BCUT2D eigenvalue weighted by Gasteiger charge is -2.06. The third kappa shape index (κ3) is 3.38. The molecule has 1 aromatic heterocycles. The van der Waals surface area contributed by atoms with Gasteiger partial charge in [0, 0.05) is 16.3 Å². The molecule has 0 atom stereocenters. The number of anilines is 1. The molecule has 0 saturated heterocycles. The fraction of sp³-hybridized carbons (Fsp3) is 0.118. The molecule has 1 N–H and O–H groups in total. The SMILES string of the molecule is COc1ccc(-c2nnc(C(=O)Nc3cc(Cl)ccc3C)o2)cc1. The summed E-state index contributed by atoms with van der Waals surface area (Å²) in [5, 5.41) is 10.9. The number of nitrogens with one attached hydrogen (secondary N) is 1. The predicted octanol–water partition coefficient (Wildman–Crippen LogP) is 3.96. The first-order chi connectivity index (χ1) is 11.6. The van der Waals surface area contributed by atoms with E-state index in [4.69, 9.17) is 20.8 Å². The van der Waals surface area contributed by atoms with Crippen LogP contribution < -0.4 is 10.1 Å². The molecule has 6 nitrogen and oxygen atoms in total. The maximum absolute atomic E-state index is 12.3. The number of hydrogen-bond donors (Lipinski definition) is 1. The molecule has 1 heterocycles. The first-order valence-corrected chi connectivity index (χ1v) is 7.50. The molecular formula is C17H14ClN3O3. The molecule has 0 radical (unpaired) electrons. The summed E-state index contributed by atoms with van der Waals surface area (Å²) in [6.07, 6.45) is 0. The number of nitrogens with zero attached hydrogens (tertiary/aromatic N) is 2. The summed E-state index contributed by atoms with van der Waals surface area (Å²) in [5.74, 6) is 0.353. The number of hydrogen-bond acceptors (Lipinski definition) is 5. The van der Waals surface area contributed by atoms with E-state index in [1.165, 1.54) is 0 Å². The van der Waals surface area contributed by atoms with Gasteiger partial charge in [-0.15, -0.1) is 10.2 Å². The van der Waals surface area contributed by atoms with E-state index in [2.05, 4.69) is 15.5 Å². The zero-order valence-corrected chi connectivity index (χ0v) is 13.8. The van der Waals surface area contributed by atoms with Crippen molar-refractivity contribution in [1.82, 2.24) is 10.2 Å². The summed E-state index contributed by atoms with van der Waals surface area (Å²) in [6.45, 7) is 1.86. The standard InChI is InChI=1S/C17H14ClN3O3/c1-10-3-6-12(18)9-14(10)19-15(22)17-21-20-16(24-17)11-4-7-13(23-2)8-5-11/h3-9H,1-2H3,(H,19,22). The number of halogens is 1. The van der Waals surface area contributed by atoms with E-state index in [1.807, 2.05) is 13.0 Å². The summed E-state index contributed by atoms with van der Waals surface area (Å²) < 4.78 is 10.5. The summed E-state index contributed by atoms with van der Waals surface area (Å²) in [5.41, 5.74) is 2.17. The zero-order chi connectivity index (χ0) is 17.1. The minimum atomic E-state index is -0.493. The lowest BCUT2D eigenvalue weighted by molar-refractivity contribution is 0.0990. The van der Waals surface area contributed by atoms with Gasteiger partial charge in [0.1, 0.15) is 5.75 Å². The molecule has 0 fully saturated rings. The Hall–Kier alpha value is -2.86. The topological polar surface area (TPSA) is 77.2 Å². The molecular weight excluding hydrogens is 330 g/mol. The van der Waals surface area contributed by atoms with Gasteiger partial charge in [0.15, 0.2) is 0 Å². The highest BCUT2D eigenvalue weighted by molar-refractivity contribution is 6.31. The van der Waals surface area contributed by atoms with E-state index in [-0.39, 0.29) is 11.8 Å². The van der Waals surface area contributed by atoms with Crippen LogP contribution in [0.2, 0.25) is 5.02 Å². The van der Waals surface area contributed by atoms with Crippen LogP contribution in [-0.4, -0.2) is 23.2 Å². The average molecular weight is 344 g/mol. The molecule has 0 bridgehead atoms. The Morgan fingerprint density at radius 1 is 1.17 bits per heavy atom. The minimum Gasteiger partial charge on any atom is -0.497 e. The first-order valence-electron chi connectivity index (χ1n) is 7.12. The molecule has 0 aliphatic rings. The van der Waals surface area contributed by atoms with Gasteiger partial charge in [-0.2, -0.15) is 0 Å². The van der Waals surface area contributed by atoms with Crippen molar-refractivity contribution in [3.63, 3.8) is 0 Å². The Bertz CT molecular complexity index is 875. The van der Waals surface area contributed by atoms with Gasteiger partial charge in [0.25, 0.3) is 0 Å². The second kappa shape index (κ2) is 6.72. The molecule has 1 amide bonds. The van der Waals surface area contributed by atoms with Crippen LogP contribution in [-0.2, 0) is 0 Å². The van der Waals surface area contributed by atoms with E-state index >= 15 is 0 Å². The number of rotatable bonds is 4. The number of carbonyl (C=O) groups excluding carboxylic acids is 1. The minimum absolute atomic E-state index is 0.125. The first kappa shape index (κ1) is 16.0. The van der Waals surface area contributed by atoms with E-state index < -0.39 is 5.91 Å². The van der Waals surface area contributed by atoms with E-state index in [9.17, 15) is 4.79 Å². The van der Waals surface area contributed by atoms with Crippen LogP contribution in [0.25, 0.3) is 11.5 Å². The van der Waals surface area contributed by atoms with Crippen LogP contribution in [0.4, 0.5) is 5.69 Å². The zero-order valence-electron chi connectivity index (χ0n) is 13.0. The van der Waals surface area contributed by atoms with Crippen molar-refractivity contribution >= 4 is 23.2 Å². The second-order valence-electron chi connectivity index (χ2n) is 5.05. The van der Waals surface area contributed by atoms with E-state index in [1.54, 1.807) is 43.5 Å².